The maximum absolute atomic E-state index is 12.0. The van der Waals surface area contributed by atoms with Gasteiger partial charge in [-0.1, -0.05) is 12.1 Å². The topological polar surface area (TPSA) is 49.3 Å². The fourth-order valence-corrected chi connectivity index (χ4v) is 2.27. The van der Waals surface area contributed by atoms with Crippen LogP contribution in [-0.4, -0.2) is 11.0 Å². The lowest BCUT2D eigenvalue weighted by Crippen LogP contribution is -2.12. The number of phenols is 1. The van der Waals surface area contributed by atoms with Gasteiger partial charge in [0.05, 0.1) is 10.0 Å². The van der Waals surface area contributed by atoms with Crippen LogP contribution in [-0.2, 0) is 0 Å². The van der Waals surface area contributed by atoms with Gasteiger partial charge in [-0.15, -0.1) is 0 Å². The second-order valence-corrected chi connectivity index (χ2v) is 5.31. The van der Waals surface area contributed by atoms with Crippen molar-refractivity contribution in [3.8, 4) is 5.75 Å². The lowest BCUT2D eigenvalue weighted by molar-refractivity contribution is 0.102. The molecule has 0 unspecified atom stereocenters. The van der Waals surface area contributed by atoms with E-state index in [0.717, 1.165) is 4.47 Å². The van der Waals surface area contributed by atoms with Gasteiger partial charge >= 0.3 is 0 Å². The standard InChI is InChI=1S/C13H9Br2NO2/c14-10-4-2-1-3-9(10)13(18)16-8-5-6-12(17)11(15)7-8/h1-7,17H,(H,16,18). The molecule has 0 radical (unpaired) electrons. The molecule has 0 spiro atoms. The molecule has 1 amide bonds. The third-order valence-corrected chi connectivity index (χ3v) is 3.65. The molecular weight excluding hydrogens is 362 g/mol. The molecule has 18 heavy (non-hydrogen) atoms. The normalized spacial score (nSPS) is 10.1. The predicted molar refractivity (Wildman–Crippen MR) is 77.9 cm³/mol. The molecule has 92 valence electrons. The Morgan fingerprint density at radius 2 is 1.78 bits per heavy atom. The number of hydrogen-bond donors (Lipinski definition) is 2. The van der Waals surface area contributed by atoms with Crippen LogP contribution in [0.2, 0.25) is 0 Å². The summed E-state index contributed by atoms with van der Waals surface area (Å²) in [5.74, 6) is -0.0750. The van der Waals surface area contributed by atoms with Crippen LogP contribution in [0.4, 0.5) is 5.69 Å². The number of carbonyl (C=O) groups excluding carboxylic acids is 1. The maximum atomic E-state index is 12.0. The van der Waals surface area contributed by atoms with E-state index in [0.29, 0.717) is 15.7 Å². The Labute approximate surface area is 121 Å². The summed E-state index contributed by atoms with van der Waals surface area (Å²) in [6.45, 7) is 0. The van der Waals surface area contributed by atoms with E-state index in [9.17, 15) is 9.90 Å². The van der Waals surface area contributed by atoms with Gasteiger partial charge in [0, 0.05) is 10.2 Å². The van der Waals surface area contributed by atoms with E-state index in [1.807, 2.05) is 12.1 Å². The van der Waals surface area contributed by atoms with Gasteiger partial charge in [0.25, 0.3) is 5.91 Å². The first-order chi connectivity index (χ1) is 8.58. The Balaban J connectivity index is 2.22. The van der Waals surface area contributed by atoms with Crippen LogP contribution >= 0.6 is 31.9 Å². The predicted octanol–water partition coefficient (Wildman–Crippen LogP) is 4.17. The first-order valence-corrected chi connectivity index (χ1v) is 6.71. The zero-order chi connectivity index (χ0) is 13.1. The van der Waals surface area contributed by atoms with Gasteiger partial charge in [0.15, 0.2) is 0 Å². The van der Waals surface area contributed by atoms with Crippen molar-refractivity contribution >= 4 is 43.5 Å². The van der Waals surface area contributed by atoms with Gasteiger partial charge in [-0.2, -0.15) is 0 Å². The Kier molecular flexibility index (Phi) is 4.04. The Morgan fingerprint density at radius 1 is 1.06 bits per heavy atom. The van der Waals surface area contributed by atoms with Gasteiger partial charge in [-0.25, -0.2) is 0 Å². The zero-order valence-corrected chi connectivity index (χ0v) is 12.3. The summed E-state index contributed by atoms with van der Waals surface area (Å²) in [7, 11) is 0. The average Bonchev–Trinajstić information content (AvgIpc) is 2.34. The van der Waals surface area contributed by atoms with Crippen LogP contribution < -0.4 is 5.32 Å². The van der Waals surface area contributed by atoms with Crippen molar-refractivity contribution in [1.29, 1.82) is 0 Å². The molecule has 2 aromatic carbocycles. The molecular formula is C13H9Br2NO2. The van der Waals surface area contributed by atoms with Crippen molar-refractivity contribution in [2.45, 2.75) is 0 Å². The lowest BCUT2D eigenvalue weighted by Gasteiger charge is -2.07. The molecule has 5 heteroatoms. The van der Waals surface area contributed by atoms with Crippen LogP contribution in [0.25, 0.3) is 0 Å². The number of nitrogens with one attached hydrogen (secondary N) is 1. The molecule has 2 N–H and O–H groups in total. The molecule has 0 fully saturated rings. The van der Waals surface area contributed by atoms with Crippen LogP contribution in [0.5, 0.6) is 5.75 Å². The quantitative estimate of drug-likeness (QED) is 0.779. The monoisotopic (exact) mass is 369 g/mol. The highest BCUT2D eigenvalue weighted by Gasteiger charge is 2.10. The SMILES string of the molecule is O=C(Nc1ccc(O)c(Br)c1)c1ccccc1Br. The second-order valence-electron chi connectivity index (χ2n) is 3.60. The molecule has 0 bridgehead atoms. The molecule has 2 rings (SSSR count). The largest absolute Gasteiger partial charge is 0.507 e. The number of anilines is 1. The number of rotatable bonds is 2. The molecule has 2 aromatic rings. The van der Waals surface area contributed by atoms with Gasteiger partial charge in [-0.05, 0) is 62.2 Å². The van der Waals surface area contributed by atoms with Crippen LogP contribution in [0.3, 0.4) is 0 Å². The van der Waals surface area contributed by atoms with Crippen LogP contribution in [0.1, 0.15) is 10.4 Å². The van der Waals surface area contributed by atoms with E-state index in [1.165, 1.54) is 6.07 Å². The summed E-state index contributed by atoms with van der Waals surface area (Å²) >= 11 is 6.52. The number of halogens is 2. The maximum Gasteiger partial charge on any atom is 0.256 e. The molecule has 0 aliphatic rings. The van der Waals surface area contributed by atoms with Crippen molar-refractivity contribution < 1.29 is 9.90 Å². The van der Waals surface area contributed by atoms with Gasteiger partial charge in [0.2, 0.25) is 0 Å². The van der Waals surface area contributed by atoms with Crippen molar-refractivity contribution in [2.24, 2.45) is 0 Å². The highest BCUT2D eigenvalue weighted by atomic mass is 79.9. The lowest BCUT2D eigenvalue weighted by atomic mass is 10.2. The number of hydrogen-bond acceptors (Lipinski definition) is 2. The number of amides is 1. The summed E-state index contributed by atoms with van der Waals surface area (Å²) in [4.78, 5) is 12.0. The van der Waals surface area contributed by atoms with Crippen molar-refractivity contribution in [1.82, 2.24) is 0 Å². The van der Waals surface area contributed by atoms with Crippen LogP contribution in [0.15, 0.2) is 51.4 Å². The average molecular weight is 371 g/mol. The molecule has 0 heterocycles. The number of carbonyl (C=O) groups is 1. The molecule has 0 aliphatic heterocycles. The third-order valence-electron chi connectivity index (χ3n) is 2.32. The minimum Gasteiger partial charge on any atom is -0.507 e. The van der Waals surface area contributed by atoms with Gasteiger partial charge in [-0.3, -0.25) is 4.79 Å². The van der Waals surface area contributed by atoms with E-state index >= 15 is 0 Å². The van der Waals surface area contributed by atoms with Crippen LogP contribution in [0, 0.1) is 0 Å². The van der Waals surface area contributed by atoms with Crippen molar-refractivity contribution in [2.75, 3.05) is 5.32 Å². The highest BCUT2D eigenvalue weighted by Crippen LogP contribution is 2.27. The number of aromatic hydroxyl groups is 1. The van der Waals surface area contributed by atoms with Gasteiger partial charge in [0.1, 0.15) is 5.75 Å². The Morgan fingerprint density at radius 3 is 2.44 bits per heavy atom. The summed E-state index contributed by atoms with van der Waals surface area (Å²) in [6, 6.07) is 12.0. The Hall–Kier alpha value is -1.33. The Bertz CT molecular complexity index is 599. The molecule has 0 aromatic heterocycles. The smallest absolute Gasteiger partial charge is 0.256 e. The summed E-state index contributed by atoms with van der Waals surface area (Å²) in [5, 5.41) is 12.1. The number of benzene rings is 2. The van der Waals surface area contributed by atoms with E-state index in [4.69, 9.17) is 0 Å². The molecule has 0 saturated heterocycles. The fraction of sp³-hybridized carbons (Fsp3) is 0. The minimum absolute atomic E-state index is 0.133. The van der Waals surface area contributed by atoms with E-state index in [1.54, 1.807) is 24.3 Å². The first kappa shape index (κ1) is 13.1. The molecule has 0 atom stereocenters. The zero-order valence-electron chi connectivity index (χ0n) is 9.15. The highest BCUT2D eigenvalue weighted by molar-refractivity contribution is 9.10. The summed E-state index contributed by atoms with van der Waals surface area (Å²) < 4.78 is 1.27. The first-order valence-electron chi connectivity index (χ1n) is 5.12. The molecule has 0 saturated carbocycles. The van der Waals surface area contributed by atoms with Gasteiger partial charge < -0.3 is 10.4 Å². The molecule has 3 nitrogen and oxygen atoms in total. The minimum atomic E-state index is -0.208. The number of phenolic OH excluding ortho intramolecular Hbond substituents is 1. The molecule has 0 aliphatic carbocycles. The van der Waals surface area contributed by atoms with E-state index in [2.05, 4.69) is 37.2 Å². The summed E-state index contributed by atoms with van der Waals surface area (Å²) in [6.07, 6.45) is 0. The van der Waals surface area contributed by atoms with Crippen molar-refractivity contribution in [3.63, 3.8) is 0 Å². The second kappa shape index (κ2) is 5.54. The fourth-order valence-electron chi connectivity index (χ4n) is 1.43. The van der Waals surface area contributed by atoms with E-state index < -0.39 is 0 Å². The summed E-state index contributed by atoms with van der Waals surface area (Å²) in [5.41, 5.74) is 1.17. The third kappa shape index (κ3) is 2.91. The van der Waals surface area contributed by atoms with Crippen molar-refractivity contribution in [3.05, 3.63) is 57.0 Å². The van der Waals surface area contributed by atoms with E-state index in [-0.39, 0.29) is 11.7 Å².